The molecule has 202 valence electrons. The molecule has 0 aromatic heterocycles. The van der Waals surface area contributed by atoms with Gasteiger partial charge in [-0.15, -0.1) is 0 Å². The van der Waals surface area contributed by atoms with Gasteiger partial charge in [0.05, 0.1) is 10.6 Å². The maximum Gasteiger partial charge on any atom is 0.264 e. The number of amides is 2. The van der Waals surface area contributed by atoms with Crippen molar-refractivity contribution in [1.82, 2.24) is 10.2 Å². The molecule has 3 aromatic rings. The SMILES string of the molecule is Cc1ccc(S(=O)(=O)N(CC(=O)N(Cc2ccc(F)cc2)[C@@H](C)C(=O)NC(C)C)c2ccc(Cl)cc2)cc1. The van der Waals surface area contributed by atoms with Gasteiger partial charge in [-0.25, -0.2) is 12.8 Å². The third kappa shape index (κ3) is 7.33. The first-order valence-electron chi connectivity index (χ1n) is 12.1. The number of nitrogens with one attached hydrogen (secondary N) is 1. The standard InChI is InChI=1S/C28H31ClFN3O4S/c1-19(2)31-28(35)21(4)32(17-22-7-11-24(30)12-8-22)27(34)18-33(25-13-9-23(29)10-14-25)38(36,37)26-15-5-20(3)6-16-26/h5-16,19,21H,17-18H2,1-4H3,(H,31,35)/t21-/m0/s1. The van der Waals surface area contributed by atoms with E-state index in [1.54, 1.807) is 32.9 Å². The van der Waals surface area contributed by atoms with Gasteiger partial charge in [0.15, 0.2) is 0 Å². The van der Waals surface area contributed by atoms with Crippen molar-refractivity contribution in [2.45, 2.75) is 51.2 Å². The number of sulfonamides is 1. The summed E-state index contributed by atoms with van der Waals surface area (Å²) in [6.45, 7) is 6.41. The second kappa shape index (κ2) is 12.4. The summed E-state index contributed by atoms with van der Waals surface area (Å²) in [4.78, 5) is 27.9. The van der Waals surface area contributed by atoms with Gasteiger partial charge in [0.25, 0.3) is 10.0 Å². The fraction of sp³-hybridized carbons (Fsp3) is 0.286. The lowest BCUT2D eigenvalue weighted by Gasteiger charge is -2.32. The lowest BCUT2D eigenvalue weighted by atomic mass is 10.1. The number of hydrogen-bond acceptors (Lipinski definition) is 4. The van der Waals surface area contributed by atoms with Gasteiger partial charge >= 0.3 is 0 Å². The number of carbonyl (C=O) groups is 2. The number of nitrogens with zero attached hydrogens (tertiary/aromatic N) is 2. The summed E-state index contributed by atoms with van der Waals surface area (Å²) in [5, 5.41) is 3.19. The Bertz CT molecular complexity index is 1360. The number of aryl methyl sites for hydroxylation is 1. The average molecular weight is 560 g/mol. The van der Waals surface area contributed by atoms with Gasteiger partial charge in [-0.1, -0.05) is 41.4 Å². The molecule has 0 bridgehead atoms. The van der Waals surface area contributed by atoms with Crippen LogP contribution in [0, 0.1) is 12.7 Å². The smallest absolute Gasteiger partial charge is 0.264 e. The van der Waals surface area contributed by atoms with Crippen molar-refractivity contribution in [3.63, 3.8) is 0 Å². The van der Waals surface area contributed by atoms with Crippen LogP contribution in [0.2, 0.25) is 5.02 Å². The number of carbonyl (C=O) groups excluding carboxylic acids is 2. The minimum Gasteiger partial charge on any atom is -0.352 e. The summed E-state index contributed by atoms with van der Waals surface area (Å²) in [5.41, 5.74) is 1.71. The van der Waals surface area contributed by atoms with E-state index in [9.17, 15) is 22.4 Å². The van der Waals surface area contributed by atoms with E-state index in [1.807, 2.05) is 6.92 Å². The number of hydrogen-bond donors (Lipinski definition) is 1. The summed E-state index contributed by atoms with van der Waals surface area (Å²) in [6, 6.07) is 16.9. The Balaban J connectivity index is 2.02. The van der Waals surface area contributed by atoms with E-state index in [1.165, 1.54) is 65.6 Å². The first kappa shape index (κ1) is 29.1. The van der Waals surface area contributed by atoms with Crippen LogP contribution < -0.4 is 9.62 Å². The van der Waals surface area contributed by atoms with Crippen molar-refractivity contribution < 1.29 is 22.4 Å². The fourth-order valence-electron chi connectivity index (χ4n) is 3.75. The summed E-state index contributed by atoms with van der Waals surface area (Å²) >= 11 is 6.03. The molecule has 0 fully saturated rings. The molecule has 1 atom stereocenters. The summed E-state index contributed by atoms with van der Waals surface area (Å²) < 4.78 is 42.0. The predicted octanol–water partition coefficient (Wildman–Crippen LogP) is 4.92. The molecule has 3 rings (SSSR count). The number of benzene rings is 3. The minimum atomic E-state index is -4.16. The van der Waals surface area contributed by atoms with Gasteiger partial charge in [-0.3, -0.25) is 13.9 Å². The Morgan fingerprint density at radius 3 is 2.05 bits per heavy atom. The fourth-order valence-corrected chi connectivity index (χ4v) is 5.29. The third-order valence-electron chi connectivity index (χ3n) is 5.87. The maximum absolute atomic E-state index is 13.8. The highest BCUT2D eigenvalue weighted by Crippen LogP contribution is 2.26. The molecule has 0 saturated heterocycles. The van der Waals surface area contributed by atoms with E-state index in [4.69, 9.17) is 11.6 Å². The summed E-state index contributed by atoms with van der Waals surface area (Å²) in [7, 11) is -4.16. The molecule has 0 unspecified atom stereocenters. The monoisotopic (exact) mass is 559 g/mol. The molecule has 10 heteroatoms. The van der Waals surface area contributed by atoms with Crippen molar-refractivity contribution in [1.29, 1.82) is 0 Å². The van der Waals surface area contributed by atoms with Crippen molar-refractivity contribution in [2.24, 2.45) is 0 Å². The van der Waals surface area contributed by atoms with Gasteiger partial charge in [0.1, 0.15) is 18.4 Å². The zero-order valence-electron chi connectivity index (χ0n) is 21.7. The Hall–Kier alpha value is -3.43. The van der Waals surface area contributed by atoms with Crippen LogP contribution in [0.3, 0.4) is 0 Å². The maximum atomic E-state index is 13.8. The molecular formula is C28H31ClFN3O4S. The first-order valence-corrected chi connectivity index (χ1v) is 13.9. The highest BCUT2D eigenvalue weighted by molar-refractivity contribution is 7.92. The average Bonchev–Trinajstić information content (AvgIpc) is 2.87. The topological polar surface area (TPSA) is 86.8 Å². The van der Waals surface area contributed by atoms with Crippen LogP contribution in [0.25, 0.3) is 0 Å². The van der Waals surface area contributed by atoms with Crippen LogP contribution in [0.1, 0.15) is 31.9 Å². The molecule has 0 aliphatic heterocycles. The first-order chi connectivity index (χ1) is 17.9. The molecule has 7 nitrogen and oxygen atoms in total. The van der Waals surface area contributed by atoms with Crippen molar-refractivity contribution in [2.75, 3.05) is 10.8 Å². The largest absolute Gasteiger partial charge is 0.352 e. The van der Waals surface area contributed by atoms with Gasteiger partial charge in [0.2, 0.25) is 11.8 Å². The Morgan fingerprint density at radius 1 is 0.921 bits per heavy atom. The molecule has 38 heavy (non-hydrogen) atoms. The molecule has 3 aromatic carbocycles. The van der Waals surface area contributed by atoms with Crippen LogP contribution in [0.4, 0.5) is 10.1 Å². The van der Waals surface area contributed by atoms with E-state index < -0.39 is 40.2 Å². The number of rotatable bonds is 10. The molecule has 0 heterocycles. The van der Waals surface area contributed by atoms with Crippen LogP contribution in [0.5, 0.6) is 0 Å². The van der Waals surface area contributed by atoms with Crippen LogP contribution in [-0.4, -0.2) is 43.8 Å². The molecule has 0 aliphatic carbocycles. The quantitative estimate of drug-likeness (QED) is 0.382. The highest BCUT2D eigenvalue weighted by Gasteiger charge is 2.32. The lowest BCUT2D eigenvalue weighted by Crippen LogP contribution is -2.52. The number of anilines is 1. The Morgan fingerprint density at radius 2 is 1.50 bits per heavy atom. The second-order valence-electron chi connectivity index (χ2n) is 9.29. The van der Waals surface area contributed by atoms with Crippen molar-refractivity contribution >= 4 is 39.1 Å². The van der Waals surface area contributed by atoms with E-state index in [2.05, 4.69) is 5.32 Å². The Kier molecular flexibility index (Phi) is 9.51. The zero-order valence-corrected chi connectivity index (χ0v) is 23.3. The van der Waals surface area contributed by atoms with E-state index in [-0.39, 0.29) is 23.2 Å². The lowest BCUT2D eigenvalue weighted by molar-refractivity contribution is -0.139. The molecule has 1 N–H and O–H groups in total. The molecule has 0 aliphatic rings. The van der Waals surface area contributed by atoms with Crippen molar-refractivity contribution in [3.8, 4) is 0 Å². The molecule has 2 amide bonds. The molecule has 0 radical (unpaired) electrons. The van der Waals surface area contributed by atoms with Crippen LogP contribution >= 0.6 is 11.6 Å². The van der Waals surface area contributed by atoms with E-state index in [0.29, 0.717) is 10.6 Å². The number of halogens is 2. The highest BCUT2D eigenvalue weighted by atomic mass is 35.5. The van der Waals surface area contributed by atoms with Gasteiger partial charge in [-0.05, 0) is 81.8 Å². The van der Waals surface area contributed by atoms with E-state index >= 15 is 0 Å². The normalized spacial score (nSPS) is 12.2. The summed E-state index contributed by atoms with van der Waals surface area (Å²) in [6.07, 6.45) is 0. The van der Waals surface area contributed by atoms with Gasteiger partial charge in [0, 0.05) is 17.6 Å². The van der Waals surface area contributed by atoms with Crippen LogP contribution in [0.15, 0.2) is 77.7 Å². The molecule has 0 spiro atoms. The third-order valence-corrected chi connectivity index (χ3v) is 7.91. The van der Waals surface area contributed by atoms with Crippen molar-refractivity contribution in [3.05, 3.63) is 94.8 Å². The van der Waals surface area contributed by atoms with Crippen LogP contribution in [-0.2, 0) is 26.2 Å². The van der Waals surface area contributed by atoms with E-state index in [0.717, 1.165) is 9.87 Å². The summed E-state index contributed by atoms with van der Waals surface area (Å²) in [5.74, 6) is -1.43. The van der Waals surface area contributed by atoms with Gasteiger partial charge in [-0.2, -0.15) is 0 Å². The molecule has 0 saturated carbocycles. The second-order valence-corrected chi connectivity index (χ2v) is 11.6. The predicted molar refractivity (Wildman–Crippen MR) is 147 cm³/mol. The minimum absolute atomic E-state index is 0.0153. The zero-order chi connectivity index (χ0) is 28.0. The van der Waals surface area contributed by atoms with Gasteiger partial charge < -0.3 is 10.2 Å². The molecular weight excluding hydrogens is 529 g/mol. The Labute approximate surface area is 228 Å².